The Bertz CT molecular complexity index is 3280. The van der Waals surface area contributed by atoms with Gasteiger partial charge in [-0.3, -0.25) is 15.2 Å². The summed E-state index contributed by atoms with van der Waals surface area (Å²) in [4.78, 5) is 62.2. The summed E-state index contributed by atoms with van der Waals surface area (Å²) in [6.45, 7) is 35.2. The lowest BCUT2D eigenvalue weighted by atomic mass is 10.2. The SMILES string of the molecule is Cc1cc(C)[nH]n1.Cc1cc2nc(C)[nH]c2cn1.Cc1ccc2[nH]c(C)nc2n1.Cc1ccc2nc(C)[nH]c2c1.Cc1cnc(C)[nH]1.Cc1cnc(C)o1.Cc1cnc(C)s1.Cc1cnc2nc(C)[nH]c2c1.Cc1n[nH]c(C)n1. The van der Waals surface area contributed by atoms with E-state index in [-0.39, 0.29) is 0 Å². The van der Waals surface area contributed by atoms with E-state index in [1.165, 1.54) is 10.4 Å². The van der Waals surface area contributed by atoms with E-state index < -0.39 is 0 Å². The van der Waals surface area contributed by atoms with E-state index in [0.717, 1.165) is 136 Å². The normalized spacial score (nSPS) is 10.2. The Morgan fingerprint density at radius 3 is 1.53 bits per heavy atom. The van der Waals surface area contributed by atoms with E-state index >= 15 is 0 Å². The van der Waals surface area contributed by atoms with Gasteiger partial charge in [0.15, 0.2) is 17.2 Å². The molecule has 0 aliphatic heterocycles. The number of rotatable bonds is 0. The van der Waals surface area contributed by atoms with E-state index in [9.17, 15) is 0 Å². The number of aryl methyl sites for hydroxylation is 18. The van der Waals surface area contributed by atoms with Crippen molar-refractivity contribution in [1.29, 1.82) is 0 Å². The van der Waals surface area contributed by atoms with Gasteiger partial charge in [-0.25, -0.2) is 49.8 Å². The summed E-state index contributed by atoms with van der Waals surface area (Å²) in [5.74, 6) is 8.01. The molecule has 0 amide bonds. The number of imidazole rings is 5. The molecule has 0 atom stereocenters. The van der Waals surface area contributed by atoms with Gasteiger partial charge in [-0.1, -0.05) is 6.07 Å². The fourth-order valence-electron chi connectivity index (χ4n) is 7.11. The topological polar surface area (TPSA) is 291 Å². The molecule has 0 bridgehead atoms. The number of thiazole rings is 1. The predicted octanol–water partition coefficient (Wildman–Crippen LogP) is 12.4. The number of aromatic amines is 7. The van der Waals surface area contributed by atoms with Crippen molar-refractivity contribution in [3.05, 3.63) is 181 Å². The summed E-state index contributed by atoms with van der Waals surface area (Å²) in [7, 11) is 0. The van der Waals surface area contributed by atoms with E-state index in [4.69, 9.17) is 4.42 Å². The van der Waals surface area contributed by atoms with Crippen LogP contribution in [0.25, 0.3) is 44.4 Å². The minimum absolute atomic E-state index is 0.734. The van der Waals surface area contributed by atoms with Gasteiger partial charge < -0.3 is 29.3 Å². The first-order chi connectivity index (χ1) is 37.5. The summed E-state index contributed by atoms with van der Waals surface area (Å²) < 4.78 is 4.97. The number of pyridine rings is 3. The first-order valence-corrected chi connectivity index (χ1v) is 26.2. The molecule has 0 fully saturated rings. The first-order valence-electron chi connectivity index (χ1n) is 25.4. The van der Waals surface area contributed by atoms with Crippen molar-refractivity contribution >= 4 is 55.7 Å². The molecule has 12 heterocycles. The molecule has 22 heteroatoms. The number of H-pyrrole nitrogens is 7. The van der Waals surface area contributed by atoms with E-state index in [0.29, 0.717) is 0 Å². The van der Waals surface area contributed by atoms with E-state index in [1.807, 2.05) is 172 Å². The maximum absolute atomic E-state index is 4.97. The summed E-state index contributed by atoms with van der Waals surface area (Å²) in [5.41, 5.74) is 15.5. The van der Waals surface area contributed by atoms with Gasteiger partial charge in [0.25, 0.3) is 0 Å². The molecule has 7 N–H and O–H groups in total. The quantitative estimate of drug-likeness (QED) is 0.0743. The molecule has 13 rings (SSSR count). The van der Waals surface area contributed by atoms with Crippen LogP contribution in [0.4, 0.5) is 0 Å². The summed E-state index contributed by atoms with van der Waals surface area (Å²) >= 11 is 1.73. The summed E-state index contributed by atoms with van der Waals surface area (Å²) in [5, 5.41) is 14.3. The van der Waals surface area contributed by atoms with Crippen molar-refractivity contribution in [2.75, 3.05) is 0 Å². The second kappa shape index (κ2) is 29.5. The van der Waals surface area contributed by atoms with Crippen LogP contribution in [-0.4, -0.2) is 100 Å². The molecular weight excluding hydrogens is 1010 g/mol. The van der Waals surface area contributed by atoms with Gasteiger partial charge in [-0.05, 0) is 171 Å². The molecular formula is C57H74N20OS. The highest BCUT2D eigenvalue weighted by Crippen LogP contribution is 2.14. The minimum atomic E-state index is 0.734. The minimum Gasteiger partial charge on any atom is -0.446 e. The Morgan fingerprint density at radius 1 is 0.380 bits per heavy atom. The van der Waals surface area contributed by atoms with E-state index in [2.05, 4.69) is 126 Å². The van der Waals surface area contributed by atoms with E-state index in [1.54, 1.807) is 17.5 Å². The molecule has 0 spiro atoms. The standard InChI is InChI=1S/C9H10N2.3C8H9N3.2C5H8N2.C5H7NO.C5H7NS.C4H7N3/c1-6-3-4-8-9(5-6)11-7(2)10-8;1-5-3-7-8(4-9-5)11-6(2)10-7;1-5-3-7-8(9-4-5)11-6(2)10-7;1-5-3-4-7-8(9-5)11-6(2)10-7;1-4-3-6-5(2)7-4;1-4-3-5(2)7-6-4;2*1-4-3-6-5(2)7-4;1-3-5-4(2)7-6-3/h3-5H,1-2H3,(H,10,11);3-4H,1-2H3,(H,10,11);2*3-4H,1-2H3,(H,9,10,11);2*3H,1-2H3,(H,6,7);2*3H,1-2H3;1-2H3,(H,5,6,7). The zero-order valence-electron chi connectivity index (χ0n) is 48.6. The van der Waals surface area contributed by atoms with Gasteiger partial charge in [0.2, 0.25) is 0 Å². The van der Waals surface area contributed by atoms with Gasteiger partial charge in [0.1, 0.15) is 46.5 Å². The van der Waals surface area contributed by atoms with Crippen molar-refractivity contribution < 1.29 is 4.42 Å². The van der Waals surface area contributed by atoms with Gasteiger partial charge in [-0.2, -0.15) is 10.2 Å². The summed E-state index contributed by atoms with van der Waals surface area (Å²) in [6, 6.07) is 16.2. The lowest BCUT2D eigenvalue weighted by Gasteiger charge is -1.89. The lowest BCUT2D eigenvalue weighted by Crippen LogP contribution is -1.80. The number of nitrogens with zero attached hydrogens (tertiary/aromatic N) is 13. The van der Waals surface area contributed by atoms with Gasteiger partial charge in [0.05, 0.1) is 56.2 Å². The number of hydrogen-bond acceptors (Lipinski definition) is 15. The van der Waals surface area contributed by atoms with Crippen LogP contribution in [0.5, 0.6) is 0 Å². The first kappa shape index (κ1) is 60.8. The number of nitrogens with one attached hydrogen (secondary N) is 7. The van der Waals surface area contributed by atoms with Crippen molar-refractivity contribution in [3.8, 4) is 0 Å². The Kier molecular flexibility index (Phi) is 22.7. The Morgan fingerprint density at radius 2 is 1.04 bits per heavy atom. The number of aromatic nitrogens is 20. The number of benzene rings is 1. The van der Waals surface area contributed by atoms with Gasteiger partial charge in [0, 0.05) is 53.2 Å². The molecule has 0 unspecified atom stereocenters. The van der Waals surface area contributed by atoms with Crippen LogP contribution < -0.4 is 0 Å². The Labute approximate surface area is 464 Å². The molecule has 0 aliphatic rings. The molecule has 79 heavy (non-hydrogen) atoms. The third kappa shape index (κ3) is 21.5. The van der Waals surface area contributed by atoms with Crippen LogP contribution >= 0.6 is 11.3 Å². The highest BCUT2D eigenvalue weighted by Gasteiger charge is 2.01. The van der Waals surface area contributed by atoms with Crippen LogP contribution in [0.3, 0.4) is 0 Å². The monoisotopic (exact) mass is 1090 g/mol. The Hall–Kier alpha value is -9.05. The molecule has 0 radical (unpaired) electrons. The fourth-order valence-corrected chi connectivity index (χ4v) is 7.79. The van der Waals surface area contributed by atoms with Crippen LogP contribution in [0.1, 0.15) is 102 Å². The van der Waals surface area contributed by atoms with Crippen molar-refractivity contribution in [1.82, 2.24) is 100 Å². The van der Waals surface area contributed by atoms with Gasteiger partial charge in [-0.15, -0.1) is 11.3 Å². The Balaban J connectivity index is 0.000000165. The summed E-state index contributed by atoms with van der Waals surface area (Å²) in [6.07, 6.45) is 9.04. The average molecular weight is 1090 g/mol. The second-order valence-corrected chi connectivity index (χ2v) is 20.1. The highest BCUT2D eigenvalue weighted by molar-refractivity contribution is 7.11. The molecule has 414 valence electrons. The third-order valence-electron chi connectivity index (χ3n) is 10.4. The van der Waals surface area contributed by atoms with Gasteiger partial charge >= 0.3 is 0 Å². The number of hydrogen-bond donors (Lipinski definition) is 7. The van der Waals surface area contributed by atoms with Crippen LogP contribution in [0.15, 0.2) is 83.9 Å². The van der Waals surface area contributed by atoms with Crippen LogP contribution in [0, 0.1) is 125 Å². The van der Waals surface area contributed by atoms with Crippen molar-refractivity contribution in [2.24, 2.45) is 0 Å². The molecule has 13 aromatic rings. The zero-order chi connectivity index (χ0) is 57.8. The smallest absolute Gasteiger partial charge is 0.191 e. The van der Waals surface area contributed by atoms with Crippen molar-refractivity contribution in [2.45, 2.75) is 125 Å². The number of oxazole rings is 1. The largest absolute Gasteiger partial charge is 0.446 e. The molecule has 0 saturated carbocycles. The lowest BCUT2D eigenvalue weighted by molar-refractivity contribution is 0.494. The molecule has 0 saturated heterocycles. The second-order valence-electron chi connectivity index (χ2n) is 18.7. The van der Waals surface area contributed by atoms with Crippen LogP contribution in [0.2, 0.25) is 0 Å². The maximum atomic E-state index is 4.97. The zero-order valence-corrected chi connectivity index (χ0v) is 49.5. The molecule has 21 nitrogen and oxygen atoms in total. The molecule has 1 aromatic carbocycles. The molecule has 12 aromatic heterocycles. The fraction of sp³-hybridized carbons (Fsp3) is 0.316. The maximum Gasteiger partial charge on any atom is 0.191 e. The van der Waals surface area contributed by atoms with Crippen molar-refractivity contribution in [3.63, 3.8) is 0 Å². The average Bonchev–Trinajstić information content (AvgIpc) is 4.29. The number of fused-ring (bicyclic) bond motifs is 4. The third-order valence-corrected chi connectivity index (χ3v) is 11.2. The predicted molar refractivity (Wildman–Crippen MR) is 315 cm³/mol. The highest BCUT2D eigenvalue weighted by atomic mass is 32.1. The molecule has 0 aliphatic carbocycles. The van der Waals surface area contributed by atoms with Crippen LogP contribution in [-0.2, 0) is 0 Å².